The first-order chi connectivity index (χ1) is 14.8. The summed E-state index contributed by atoms with van der Waals surface area (Å²) in [6.45, 7) is 1.90. The lowest BCUT2D eigenvalue weighted by Gasteiger charge is -2.33. The van der Waals surface area contributed by atoms with Gasteiger partial charge in [0.2, 0.25) is 11.8 Å². The Kier molecular flexibility index (Phi) is 5.31. The Labute approximate surface area is 182 Å². The maximum Gasteiger partial charge on any atom is 0.331 e. The third-order valence-electron chi connectivity index (χ3n) is 6.38. The normalized spacial score (nSPS) is 27.4. The Balaban J connectivity index is 1.89. The van der Waals surface area contributed by atoms with Gasteiger partial charge in [-0.2, -0.15) is 0 Å². The van der Waals surface area contributed by atoms with Crippen molar-refractivity contribution in [3.05, 3.63) is 65.7 Å². The number of nitrogens with one attached hydrogen (secondary N) is 1. The van der Waals surface area contributed by atoms with Crippen molar-refractivity contribution >= 4 is 23.5 Å². The van der Waals surface area contributed by atoms with Crippen LogP contribution in [0.15, 0.2) is 54.6 Å². The van der Waals surface area contributed by atoms with Crippen LogP contribution < -0.4 is 10.2 Å². The third kappa shape index (κ3) is 3.11. The fourth-order valence-corrected chi connectivity index (χ4v) is 4.83. The molecule has 31 heavy (non-hydrogen) atoms. The molecule has 0 radical (unpaired) electrons. The van der Waals surface area contributed by atoms with Crippen LogP contribution in [-0.4, -0.2) is 50.4 Å². The van der Waals surface area contributed by atoms with Gasteiger partial charge in [-0.1, -0.05) is 42.5 Å². The molecule has 0 saturated carbocycles. The minimum Gasteiger partial charge on any atom is -0.464 e. The summed E-state index contributed by atoms with van der Waals surface area (Å²) >= 11 is 0. The predicted molar refractivity (Wildman–Crippen MR) is 116 cm³/mol. The van der Waals surface area contributed by atoms with Crippen LogP contribution in [0.2, 0.25) is 0 Å². The average molecular weight is 421 g/mol. The van der Waals surface area contributed by atoms with Gasteiger partial charge >= 0.3 is 5.97 Å². The van der Waals surface area contributed by atoms with Gasteiger partial charge in [0.05, 0.1) is 18.4 Å². The molecule has 2 aromatic rings. The molecule has 0 aliphatic carbocycles. The van der Waals surface area contributed by atoms with Crippen molar-refractivity contribution in [1.29, 1.82) is 0 Å². The van der Waals surface area contributed by atoms with Crippen molar-refractivity contribution in [1.82, 2.24) is 10.2 Å². The Hall–Kier alpha value is -3.19. The van der Waals surface area contributed by atoms with E-state index in [1.54, 1.807) is 19.1 Å². The number of ether oxygens (including phenoxy) is 1. The molecule has 4 rings (SSSR count). The van der Waals surface area contributed by atoms with Crippen molar-refractivity contribution < 1.29 is 19.1 Å². The van der Waals surface area contributed by atoms with Gasteiger partial charge in [0, 0.05) is 32.9 Å². The lowest BCUT2D eigenvalue weighted by molar-refractivity contribution is -0.156. The molecule has 2 aliphatic heterocycles. The van der Waals surface area contributed by atoms with Crippen LogP contribution >= 0.6 is 0 Å². The van der Waals surface area contributed by atoms with E-state index in [-0.39, 0.29) is 18.4 Å². The number of anilines is 1. The van der Waals surface area contributed by atoms with Gasteiger partial charge in [0.25, 0.3) is 0 Å². The maximum absolute atomic E-state index is 13.4. The fraction of sp³-hybridized carbons (Fsp3) is 0.375. The lowest BCUT2D eigenvalue weighted by Crippen LogP contribution is -2.53. The molecular weight excluding hydrogens is 394 g/mol. The Bertz CT molecular complexity index is 1010. The summed E-state index contributed by atoms with van der Waals surface area (Å²) in [6.07, 6.45) is 0. The maximum atomic E-state index is 13.4. The minimum atomic E-state index is -1.44. The highest BCUT2D eigenvalue weighted by atomic mass is 16.5. The van der Waals surface area contributed by atoms with Gasteiger partial charge in [-0.25, -0.2) is 4.79 Å². The van der Waals surface area contributed by atoms with E-state index in [1.165, 1.54) is 7.05 Å². The molecule has 1 N–H and O–H groups in total. The molecule has 2 aromatic carbocycles. The zero-order valence-electron chi connectivity index (χ0n) is 18.2. The van der Waals surface area contributed by atoms with E-state index in [0.29, 0.717) is 5.56 Å². The quantitative estimate of drug-likeness (QED) is 0.588. The van der Waals surface area contributed by atoms with Crippen LogP contribution in [0, 0.1) is 11.8 Å². The summed E-state index contributed by atoms with van der Waals surface area (Å²) in [6, 6.07) is 16.4. The second-order valence-corrected chi connectivity index (χ2v) is 8.24. The van der Waals surface area contributed by atoms with Crippen LogP contribution in [0.4, 0.5) is 5.69 Å². The number of esters is 1. The van der Waals surface area contributed by atoms with Crippen LogP contribution in [0.5, 0.6) is 0 Å². The van der Waals surface area contributed by atoms with Crippen molar-refractivity contribution in [2.75, 3.05) is 32.6 Å². The van der Waals surface area contributed by atoms with Gasteiger partial charge in [-0.15, -0.1) is 0 Å². The van der Waals surface area contributed by atoms with Gasteiger partial charge in [-0.05, 0) is 30.2 Å². The van der Waals surface area contributed by atoms with E-state index in [4.69, 9.17) is 4.74 Å². The number of likely N-dealkylation sites (tertiary alicyclic amines) is 1. The molecule has 2 amide bonds. The minimum absolute atomic E-state index is 0.173. The SMILES string of the molecule is CCOC(=O)[C@@]1(c2ccccc2)N[C@@H](c2ccc(N(C)C)cc2)[C@H]2C(=O)N(C)C(=O)[C@H]21. The molecule has 2 heterocycles. The highest BCUT2D eigenvalue weighted by Gasteiger charge is 2.69. The first-order valence-electron chi connectivity index (χ1n) is 10.4. The second-order valence-electron chi connectivity index (χ2n) is 8.24. The smallest absolute Gasteiger partial charge is 0.331 e. The summed E-state index contributed by atoms with van der Waals surface area (Å²) < 4.78 is 5.46. The topological polar surface area (TPSA) is 79.0 Å². The van der Waals surface area contributed by atoms with Crippen molar-refractivity contribution in [2.45, 2.75) is 18.5 Å². The van der Waals surface area contributed by atoms with Crippen LogP contribution in [0.3, 0.4) is 0 Å². The van der Waals surface area contributed by atoms with Gasteiger partial charge in [0.1, 0.15) is 0 Å². The monoisotopic (exact) mass is 421 g/mol. The average Bonchev–Trinajstić information content (AvgIpc) is 3.25. The van der Waals surface area contributed by atoms with Crippen LogP contribution in [0.1, 0.15) is 24.1 Å². The third-order valence-corrected chi connectivity index (χ3v) is 6.38. The number of imide groups is 1. The van der Waals surface area contributed by atoms with Crippen LogP contribution in [-0.2, 0) is 24.7 Å². The molecule has 0 spiro atoms. The molecule has 7 heteroatoms. The first kappa shape index (κ1) is 21.1. The molecule has 7 nitrogen and oxygen atoms in total. The number of amides is 2. The molecule has 4 atom stereocenters. The summed E-state index contributed by atoms with van der Waals surface area (Å²) in [4.78, 5) is 43.0. The van der Waals surface area contributed by atoms with E-state index in [2.05, 4.69) is 5.32 Å². The van der Waals surface area contributed by atoms with Crippen molar-refractivity contribution in [2.24, 2.45) is 11.8 Å². The summed E-state index contributed by atoms with van der Waals surface area (Å²) in [5.74, 6) is -2.78. The Morgan fingerprint density at radius 1 is 1.06 bits per heavy atom. The van der Waals surface area contributed by atoms with Gasteiger partial charge < -0.3 is 9.64 Å². The number of benzene rings is 2. The lowest BCUT2D eigenvalue weighted by atomic mass is 9.75. The summed E-state index contributed by atoms with van der Waals surface area (Å²) in [5.41, 5.74) is 1.04. The summed E-state index contributed by atoms with van der Waals surface area (Å²) in [5, 5.41) is 3.40. The Morgan fingerprint density at radius 3 is 2.29 bits per heavy atom. The van der Waals surface area contributed by atoms with Gasteiger partial charge in [0.15, 0.2) is 5.54 Å². The molecule has 2 saturated heterocycles. The number of hydrogen-bond acceptors (Lipinski definition) is 6. The van der Waals surface area contributed by atoms with E-state index >= 15 is 0 Å². The number of rotatable bonds is 5. The predicted octanol–water partition coefficient (Wildman–Crippen LogP) is 2.09. The number of carbonyl (C=O) groups is 3. The van der Waals surface area contributed by atoms with Crippen molar-refractivity contribution in [3.63, 3.8) is 0 Å². The van der Waals surface area contributed by atoms with E-state index in [9.17, 15) is 14.4 Å². The molecule has 162 valence electrons. The van der Waals surface area contributed by atoms with Crippen molar-refractivity contribution in [3.8, 4) is 0 Å². The number of nitrogens with zero attached hydrogens (tertiary/aromatic N) is 2. The molecule has 2 aliphatic rings. The second kappa shape index (κ2) is 7.81. The molecule has 2 fully saturated rings. The highest BCUT2D eigenvalue weighted by molar-refractivity contribution is 6.09. The molecule has 0 unspecified atom stereocenters. The standard InChI is InChI=1S/C24H27N3O4/c1-5-31-23(30)24(16-9-7-6-8-10-16)19-18(21(28)27(4)22(19)29)20(25-24)15-11-13-17(14-12-15)26(2)3/h6-14,18-20,25H,5H2,1-4H3/t18-,19-,20-,24-/m0/s1. The number of carbonyl (C=O) groups excluding carboxylic acids is 3. The Morgan fingerprint density at radius 2 is 1.71 bits per heavy atom. The van der Waals surface area contributed by atoms with E-state index < -0.39 is 29.4 Å². The number of fused-ring (bicyclic) bond motifs is 1. The fourth-order valence-electron chi connectivity index (χ4n) is 4.83. The highest BCUT2D eigenvalue weighted by Crippen LogP contribution is 2.53. The largest absolute Gasteiger partial charge is 0.464 e. The summed E-state index contributed by atoms with van der Waals surface area (Å²) in [7, 11) is 5.39. The molecular formula is C24H27N3O4. The van der Waals surface area contributed by atoms with E-state index in [0.717, 1.165) is 16.2 Å². The zero-order chi connectivity index (χ0) is 22.3. The molecule has 0 bridgehead atoms. The van der Waals surface area contributed by atoms with Crippen LogP contribution in [0.25, 0.3) is 0 Å². The zero-order valence-corrected chi connectivity index (χ0v) is 18.2. The number of hydrogen-bond donors (Lipinski definition) is 1. The first-order valence-corrected chi connectivity index (χ1v) is 10.4. The van der Waals surface area contributed by atoms with Gasteiger partial charge in [-0.3, -0.25) is 19.8 Å². The van der Waals surface area contributed by atoms with E-state index in [1.807, 2.05) is 61.5 Å². The molecule has 0 aromatic heterocycles.